The zero-order valence-corrected chi connectivity index (χ0v) is 15.4. The first-order valence-electron chi connectivity index (χ1n) is 8.72. The van der Waals surface area contributed by atoms with E-state index in [-0.39, 0.29) is 17.9 Å². The Bertz CT molecular complexity index is 940. The number of benzene rings is 2. The number of hydrogen-bond acceptors (Lipinski definition) is 6. The summed E-state index contributed by atoms with van der Waals surface area (Å²) in [6, 6.07) is 11.9. The molecule has 3 amide bonds. The molecule has 3 N–H and O–H groups in total. The Morgan fingerprint density at radius 1 is 1.07 bits per heavy atom. The van der Waals surface area contributed by atoms with Crippen molar-refractivity contribution in [3.63, 3.8) is 0 Å². The molecule has 1 aliphatic heterocycles. The van der Waals surface area contributed by atoms with Gasteiger partial charge in [0.05, 0.1) is 6.54 Å². The molecule has 0 fully saturated rings. The Hall–Kier alpha value is -3.89. The van der Waals surface area contributed by atoms with E-state index in [1.54, 1.807) is 24.3 Å². The number of hydrazine groups is 1. The third-order valence-electron chi connectivity index (χ3n) is 3.86. The first kappa shape index (κ1) is 20.8. The molecule has 0 aliphatic carbocycles. The standard InChI is InChI=1S/C19H17F2N3O6/c20-19(21)29-12-5-3-4-11(8-12)17(26)22-9-16(25)23-24-18(27)15-10-28-13-6-1-2-7-14(13)30-15/h1-8,15,19H,9-10H2,(H,22,26)(H,23,25)(H,24,27)/t15-/m1/s1. The number of fused-ring (bicyclic) bond motifs is 1. The van der Waals surface area contributed by atoms with Crippen LogP contribution in [-0.4, -0.2) is 43.6 Å². The summed E-state index contributed by atoms with van der Waals surface area (Å²) in [7, 11) is 0. The van der Waals surface area contributed by atoms with Crippen molar-refractivity contribution < 1.29 is 37.4 Å². The quantitative estimate of drug-likeness (QED) is 0.600. The van der Waals surface area contributed by atoms with Gasteiger partial charge in [-0.15, -0.1) is 0 Å². The molecule has 0 saturated heterocycles. The number of para-hydroxylation sites is 2. The van der Waals surface area contributed by atoms with Gasteiger partial charge in [0.25, 0.3) is 17.7 Å². The van der Waals surface area contributed by atoms with E-state index in [1.807, 2.05) is 0 Å². The highest BCUT2D eigenvalue weighted by atomic mass is 19.3. The van der Waals surface area contributed by atoms with E-state index in [0.29, 0.717) is 11.5 Å². The van der Waals surface area contributed by atoms with Gasteiger partial charge in [0.1, 0.15) is 12.4 Å². The molecule has 9 nitrogen and oxygen atoms in total. The van der Waals surface area contributed by atoms with Gasteiger partial charge in [0.2, 0.25) is 6.10 Å². The van der Waals surface area contributed by atoms with Crippen molar-refractivity contribution in [3.8, 4) is 17.2 Å². The third-order valence-corrected chi connectivity index (χ3v) is 3.86. The van der Waals surface area contributed by atoms with Crippen LogP contribution in [0.15, 0.2) is 48.5 Å². The summed E-state index contributed by atoms with van der Waals surface area (Å²) in [4.78, 5) is 36.0. The van der Waals surface area contributed by atoms with Gasteiger partial charge in [-0.25, -0.2) is 0 Å². The molecule has 11 heteroatoms. The highest BCUT2D eigenvalue weighted by molar-refractivity contribution is 5.97. The molecule has 2 aromatic carbocycles. The molecule has 2 aromatic rings. The Balaban J connectivity index is 1.43. The van der Waals surface area contributed by atoms with Crippen LogP contribution < -0.4 is 30.4 Å². The van der Waals surface area contributed by atoms with Crippen LogP contribution in [0.1, 0.15) is 10.4 Å². The van der Waals surface area contributed by atoms with Crippen molar-refractivity contribution in [2.24, 2.45) is 0 Å². The maximum atomic E-state index is 12.2. The summed E-state index contributed by atoms with van der Waals surface area (Å²) >= 11 is 0. The Morgan fingerprint density at radius 2 is 1.83 bits per heavy atom. The smallest absolute Gasteiger partial charge is 0.387 e. The summed E-state index contributed by atoms with van der Waals surface area (Å²) in [6.45, 7) is -3.53. The molecule has 0 spiro atoms. The highest BCUT2D eigenvalue weighted by Gasteiger charge is 2.27. The van der Waals surface area contributed by atoms with Crippen LogP contribution in [0.3, 0.4) is 0 Å². The summed E-state index contributed by atoms with van der Waals surface area (Å²) in [5.41, 5.74) is 4.34. The van der Waals surface area contributed by atoms with E-state index in [1.165, 1.54) is 18.2 Å². The molecule has 30 heavy (non-hydrogen) atoms. The minimum Gasteiger partial charge on any atom is -0.485 e. The molecule has 0 radical (unpaired) electrons. The fourth-order valence-electron chi connectivity index (χ4n) is 2.48. The number of halogens is 2. The zero-order valence-electron chi connectivity index (χ0n) is 15.4. The molecular weight excluding hydrogens is 404 g/mol. The fourth-order valence-corrected chi connectivity index (χ4v) is 2.48. The number of ether oxygens (including phenoxy) is 3. The average Bonchev–Trinajstić information content (AvgIpc) is 2.75. The lowest BCUT2D eigenvalue weighted by Gasteiger charge is -2.25. The molecular formula is C19H17F2N3O6. The predicted octanol–water partition coefficient (Wildman–Crippen LogP) is 1.01. The Labute approximate surface area is 169 Å². The van der Waals surface area contributed by atoms with Crippen LogP contribution >= 0.6 is 0 Å². The summed E-state index contributed by atoms with van der Waals surface area (Å²) in [6.07, 6.45) is -0.965. The topological polar surface area (TPSA) is 115 Å². The second-order valence-electron chi connectivity index (χ2n) is 5.99. The summed E-state index contributed by atoms with van der Waals surface area (Å²) in [5.74, 6) is -1.31. The lowest BCUT2D eigenvalue weighted by Crippen LogP contribution is -2.52. The van der Waals surface area contributed by atoms with Crippen molar-refractivity contribution in [1.82, 2.24) is 16.2 Å². The minimum atomic E-state index is -3.02. The van der Waals surface area contributed by atoms with E-state index in [4.69, 9.17) is 9.47 Å². The van der Waals surface area contributed by atoms with E-state index < -0.39 is 37.0 Å². The van der Waals surface area contributed by atoms with E-state index in [2.05, 4.69) is 20.9 Å². The number of carbonyl (C=O) groups excluding carboxylic acids is 3. The first-order valence-corrected chi connectivity index (χ1v) is 8.72. The van der Waals surface area contributed by atoms with Crippen LogP contribution in [0.5, 0.6) is 17.2 Å². The second kappa shape index (κ2) is 9.54. The van der Waals surface area contributed by atoms with Crippen molar-refractivity contribution in [1.29, 1.82) is 0 Å². The van der Waals surface area contributed by atoms with Crippen LogP contribution in [0.2, 0.25) is 0 Å². The van der Waals surface area contributed by atoms with Gasteiger partial charge in [-0.05, 0) is 30.3 Å². The SMILES string of the molecule is O=C(CNC(=O)c1cccc(OC(F)F)c1)NNC(=O)[C@H]1COc2ccccc2O1. The minimum absolute atomic E-state index is 0.0244. The van der Waals surface area contributed by atoms with Crippen molar-refractivity contribution in [3.05, 3.63) is 54.1 Å². The third kappa shape index (κ3) is 5.56. The van der Waals surface area contributed by atoms with Crippen LogP contribution in [0.4, 0.5) is 8.78 Å². The molecule has 0 aromatic heterocycles. The first-order chi connectivity index (χ1) is 14.4. The molecule has 0 saturated carbocycles. The Kier molecular flexibility index (Phi) is 6.63. The zero-order chi connectivity index (χ0) is 21.5. The maximum Gasteiger partial charge on any atom is 0.387 e. The molecule has 0 bridgehead atoms. The van der Waals surface area contributed by atoms with Gasteiger partial charge in [0, 0.05) is 5.56 Å². The van der Waals surface area contributed by atoms with Crippen molar-refractivity contribution in [2.75, 3.05) is 13.2 Å². The largest absolute Gasteiger partial charge is 0.485 e. The van der Waals surface area contributed by atoms with Crippen LogP contribution in [0, 0.1) is 0 Å². The van der Waals surface area contributed by atoms with Crippen LogP contribution in [0.25, 0.3) is 0 Å². The van der Waals surface area contributed by atoms with Crippen molar-refractivity contribution >= 4 is 17.7 Å². The molecule has 1 atom stereocenters. The highest BCUT2D eigenvalue weighted by Crippen LogP contribution is 2.30. The molecule has 0 unspecified atom stereocenters. The molecule has 1 aliphatic rings. The monoisotopic (exact) mass is 421 g/mol. The van der Waals surface area contributed by atoms with Gasteiger partial charge in [-0.2, -0.15) is 8.78 Å². The number of nitrogens with one attached hydrogen (secondary N) is 3. The number of hydrogen-bond donors (Lipinski definition) is 3. The average molecular weight is 421 g/mol. The summed E-state index contributed by atoms with van der Waals surface area (Å²) < 4.78 is 39.6. The van der Waals surface area contributed by atoms with Crippen LogP contribution in [-0.2, 0) is 9.59 Å². The fraction of sp³-hybridized carbons (Fsp3) is 0.211. The molecule has 3 rings (SSSR count). The predicted molar refractivity (Wildman–Crippen MR) is 98.0 cm³/mol. The Morgan fingerprint density at radius 3 is 2.60 bits per heavy atom. The normalized spacial score (nSPS) is 14.6. The van der Waals surface area contributed by atoms with E-state index >= 15 is 0 Å². The van der Waals surface area contributed by atoms with Crippen molar-refractivity contribution in [2.45, 2.75) is 12.7 Å². The van der Waals surface area contributed by atoms with Gasteiger partial charge in [-0.3, -0.25) is 25.2 Å². The number of amides is 3. The number of alkyl halides is 2. The maximum absolute atomic E-state index is 12.2. The van der Waals surface area contributed by atoms with Gasteiger partial charge < -0.3 is 19.5 Å². The number of carbonyl (C=O) groups is 3. The van der Waals surface area contributed by atoms with E-state index in [0.717, 1.165) is 6.07 Å². The lowest BCUT2D eigenvalue weighted by atomic mass is 10.2. The molecule has 1 heterocycles. The number of rotatable bonds is 6. The summed E-state index contributed by atoms with van der Waals surface area (Å²) in [5, 5.41) is 2.29. The van der Waals surface area contributed by atoms with E-state index in [9.17, 15) is 23.2 Å². The van der Waals surface area contributed by atoms with Gasteiger partial charge >= 0.3 is 6.61 Å². The second-order valence-corrected chi connectivity index (χ2v) is 5.99. The van der Waals surface area contributed by atoms with Gasteiger partial charge in [-0.1, -0.05) is 18.2 Å². The molecule has 158 valence electrons. The van der Waals surface area contributed by atoms with Gasteiger partial charge in [0.15, 0.2) is 11.5 Å². The lowest BCUT2D eigenvalue weighted by molar-refractivity contribution is -0.134.